The van der Waals surface area contributed by atoms with Crippen molar-refractivity contribution in [2.45, 2.75) is 14.3 Å². The highest BCUT2D eigenvalue weighted by Crippen LogP contribution is 2.34. The van der Waals surface area contributed by atoms with Crippen LogP contribution in [0.15, 0.2) is 38.5 Å². The Hall–Kier alpha value is -1.20. The van der Waals surface area contributed by atoms with E-state index in [-0.39, 0.29) is 19.3 Å². The van der Waals surface area contributed by atoms with Crippen LogP contribution in [0.5, 0.6) is 0 Å². The second-order valence-corrected chi connectivity index (χ2v) is 11.1. The third-order valence-corrected chi connectivity index (χ3v) is 7.89. The van der Waals surface area contributed by atoms with Gasteiger partial charge in [0.25, 0.3) is 0 Å². The summed E-state index contributed by atoms with van der Waals surface area (Å²) in [6.07, 6.45) is 0.994. The van der Waals surface area contributed by atoms with Crippen molar-refractivity contribution in [2.24, 2.45) is 0 Å². The summed E-state index contributed by atoms with van der Waals surface area (Å²) in [6.45, 7) is 1.09. The molecule has 0 unspecified atom stereocenters. The van der Waals surface area contributed by atoms with Crippen LogP contribution in [-0.2, 0) is 19.7 Å². The molecular formula is C14H18ClN3O4S3. The van der Waals surface area contributed by atoms with Gasteiger partial charge in [-0.2, -0.15) is 0 Å². The summed E-state index contributed by atoms with van der Waals surface area (Å²) in [6, 6.07) is 5.64. The number of anilines is 1. The highest BCUT2D eigenvalue weighted by molar-refractivity contribution is 7.93. The summed E-state index contributed by atoms with van der Waals surface area (Å²) in [4.78, 5) is 5.80. The Morgan fingerprint density at radius 1 is 1.16 bits per heavy atom. The van der Waals surface area contributed by atoms with Crippen LogP contribution in [0.3, 0.4) is 0 Å². The zero-order chi connectivity index (χ0) is 18.8. The van der Waals surface area contributed by atoms with Crippen LogP contribution >= 0.6 is 22.9 Å². The number of sulfone groups is 2. The van der Waals surface area contributed by atoms with Gasteiger partial charge in [0.1, 0.15) is 5.00 Å². The first-order chi connectivity index (χ1) is 11.5. The van der Waals surface area contributed by atoms with E-state index in [9.17, 15) is 16.8 Å². The molecule has 0 spiro atoms. The first-order valence-electron chi connectivity index (χ1n) is 7.12. The van der Waals surface area contributed by atoms with Gasteiger partial charge in [-0.25, -0.2) is 21.8 Å². The van der Waals surface area contributed by atoms with Gasteiger partial charge in [-0.15, -0.1) is 0 Å². The maximum absolute atomic E-state index is 12.9. The van der Waals surface area contributed by atoms with Crippen LogP contribution in [0.2, 0.25) is 5.02 Å². The number of likely N-dealkylation sites (N-methyl/N-ethyl adjacent to an activating group) is 1. The minimum Gasteiger partial charge on any atom is -0.373 e. The van der Waals surface area contributed by atoms with Gasteiger partial charge >= 0.3 is 0 Å². The van der Waals surface area contributed by atoms with Crippen LogP contribution in [0.1, 0.15) is 0 Å². The zero-order valence-corrected chi connectivity index (χ0v) is 17.1. The molecule has 25 heavy (non-hydrogen) atoms. The fraction of sp³-hybridized carbons (Fsp3) is 0.357. The quantitative estimate of drug-likeness (QED) is 0.727. The second-order valence-electron chi connectivity index (χ2n) is 5.57. The van der Waals surface area contributed by atoms with E-state index in [0.717, 1.165) is 17.6 Å². The average Bonchev–Trinajstić information content (AvgIpc) is 2.92. The van der Waals surface area contributed by atoms with E-state index in [4.69, 9.17) is 11.6 Å². The number of thiazole rings is 1. The summed E-state index contributed by atoms with van der Waals surface area (Å²) in [7, 11) is -3.85. The van der Waals surface area contributed by atoms with Gasteiger partial charge in [0.15, 0.2) is 5.03 Å². The molecule has 0 saturated heterocycles. The van der Waals surface area contributed by atoms with Crippen molar-refractivity contribution in [3.8, 4) is 0 Å². The average molecular weight is 424 g/mol. The molecule has 2 rings (SSSR count). The molecule has 0 fully saturated rings. The first kappa shape index (κ1) is 20.1. The van der Waals surface area contributed by atoms with Gasteiger partial charge in [-0.3, -0.25) is 0 Å². The summed E-state index contributed by atoms with van der Waals surface area (Å²) in [5.41, 5.74) is 0. The van der Waals surface area contributed by atoms with Gasteiger partial charge in [0.2, 0.25) is 24.0 Å². The number of hydrogen-bond acceptors (Lipinski definition) is 8. The Morgan fingerprint density at radius 2 is 1.76 bits per heavy atom. The normalized spacial score (nSPS) is 12.5. The molecule has 0 aliphatic heterocycles. The zero-order valence-electron chi connectivity index (χ0n) is 13.9. The minimum atomic E-state index is -3.98. The smallest absolute Gasteiger partial charge is 0.226 e. The Morgan fingerprint density at radius 3 is 2.28 bits per heavy atom. The number of halogens is 1. The van der Waals surface area contributed by atoms with Crippen molar-refractivity contribution in [2.75, 3.05) is 38.8 Å². The molecule has 0 amide bonds. The van der Waals surface area contributed by atoms with Crippen molar-refractivity contribution in [1.82, 2.24) is 9.88 Å². The SMILES string of the molecule is CN(C)CCNc1sc(S(C)(=O)=O)nc1S(=O)(=O)c1ccc(Cl)cc1. The Kier molecular flexibility index (Phi) is 6.10. The van der Waals surface area contributed by atoms with Crippen LogP contribution in [0.25, 0.3) is 0 Å². The Balaban J connectivity index is 2.50. The largest absolute Gasteiger partial charge is 0.373 e. The number of hydrogen-bond donors (Lipinski definition) is 1. The highest BCUT2D eigenvalue weighted by atomic mass is 35.5. The lowest BCUT2D eigenvalue weighted by atomic mass is 10.4. The van der Waals surface area contributed by atoms with Crippen LogP contribution < -0.4 is 5.32 Å². The van der Waals surface area contributed by atoms with E-state index in [2.05, 4.69) is 10.3 Å². The molecule has 0 saturated carbocycles. The number of aromatic nitrogens is 1. The van der Waals surface area contributed by atoms with Crippen LogP contribution in [-0.4, -0.2) is 60.2 Å². The lowest BCUT2D eigenvalue weighted by Crippen LogP contribution is -2.21. The molecule has 138 valence electrons. The predicted molar refractivity (Wildman–Crippen MR) is 99.2 cm³/mol. The topological polar surface area (TPSA) is 96.4 Å². The monoisotopic (exact) mass is 423 g/mol. The number of nitrogens with one attached hydrogen (secondary N) is 1. The molecule has 1 heterocycles. The van der Waals surface area contributed by atoms with Crippen molar-refractivity contribution in [3.63, 3.8) is 0 Å². The molecule has 7 nitrogen and oxygen atoms in total. The minimum absolute atomic E-state index is 0.00193. The second kappa shape index (κ2) is 7.58. The third-order valence-electron chi connectivity index (χ3n) is 3.12. The fourth-order valence-electron chi connectivity index (χ4n) is 1.86. The molecule has 11 heteroatoms. The summed E-state index contributed by atoms with van der Waals surface area (Å²) >= 11 is 6.61. The van der Waals surface area contributed by atoms with Crippen molar-refractivity contribution < 1.29 is 16.8 Å². The van der Waals surface area contributed by atoms with E-state index >= 15 is 0 Å². The lowest BCUT2D eigenvalue weighted by Gasteiger charge is -2.11. The number of rotatable bonds is 7. The van der Waals surface area contributed by atoms with Gasteiger partial charge in [-0.05, 0) is 38.4 Å². The molecule has 0 atom stereocenters. The molecule has 1 N–H and O–H groups in total. The standard InChI is InChI=1S/C14H18ClN3O4S3/c1-18(2)9-8-16-12-13(17-14(23-12)24(3,19)20)25(21,22)11-6-4-10(15)5-7-11/h4-7,16H,8-9H2,1-3H3. The molecule has 2 aromatic rings. The van der Waals surface area contributed by atoms with Gasteiger partial charge < -0.3 is 10.2 Å². The third kappa shape index (κ3) is 4.91. The molecule has 0 aliphatic rings. The van der Waals surface area contributed by atoms with E-state index < -0.39 is 19.7 Å². The lowest BCUT2D eigenvalue weighted by molar-refractivity contribution is 0.425. The molecular weight excluding hydrogens is 406 g/mol. The van der Waals surface area contributed by atoms with Crippen molar-refractivity contribution in [1.29, 1.82) is 0 Å². The van der Waals surface area contributed by atoms with Crippen LogP contribution in [0, 0.1) is 0 Å². The summed E-state index contributed by atoms with van der Waals surface area (Å²) < 4.78 is 49.1. The summed E-state index contributed by atoms with van der Waals surface area (Å²) in [5, 5.41) is 3.28. The van der Waals surface area contributed by atoms with Crippen molar-refractivity contribution in [3.05, 3.63) is 29.3 Å². The van der Waals surface area contributed by atoms with Gasteiger partial charge in [0, 0.05) is 24.4 Å². The molecule has 1 aromatic heterocycles. The maximum atomic E-state index is 12.9. The van der Waals surface area contributed by atoms with E-state index in [0.29, 0.717) is 18.1 Å². The maximum Gasteiger partial charge on any atom is 0.226 e. The Bertz CT molecular complexity index is 952. The Labute approximate surface area is 156 Å². The van der Waals surface area contributed by atoms with Gasteiger partial charge in [0.05, 0.1) is 4.90 Å². The van der Waals surface area contributed by atoms with E-state index in [1.807, 2.05) is 19.0 Å². The summed E-state index contributed by atoms with van der Waals surface area (Å²) in [5.74, 6) is 0. The molecule has 0 aliphatic carbocycles. The predicted octanol–water partition coefficient (Wildman–Crippen LogP) is 2.01. The number of benzene rings is 1. The van der Waals surface area contributed by atoms with Crippen molar-refractivity contribution >= 4 is 47.6 Å². The fourth-order valence-corrected chi connectivity index (χ4v) is 5.53. The molecule has 0 bridgehead atoms. The molecule has 1 aromatic carbocycles. The van der Waals surface area contributed by atoms with E-state index in [1.54, 1.807) is 0 Å². The van der Waals surface area contributed by atoms with Crippen LogP contribution in [0.4, 0.5) is 5.00 Å². The number of nitrogens with zero attached hydrogens (tertiary/aromatic N) is 2. The first-order valence-corrected chi connectivity index (χ1v) is 11.7. The molecule has 0 radical (unpaired) electrons. The van der Waals surface area contributed by atoms with Gasteiger partial charge in [-0.1, -0.05) is 22.9 Å². The van der Waals surface area contributed by atoms with E-state index in [1.165, 1.54) is 24.3 Å². The highest BCUT2D eigenvalue weighted by Gasteiger charge is 2.29.